The SMILES string of the molecule is CC(C)(C)Nc1nc(-c2ncc(C(C)(C)C)[nH]2)cs1. The fourth-order valence-electron chi connectivity index (χ4n) is 1.59. The lowest BCUT2D eigenvalue weighted by Crippen LogP contribution is -2.25. The van der Waals surface area contributed by atoms with Crippen LogP contribution in [0, 0.1) is 0 Å². The van der Waals surface area contributed by atoms with Gasteiger partial charge in [0.1, 0.15) is 5.69 Å². The first kappa shape index (κ1) is 14.1. The van der Waals surface area contributed by atoms with Crippen molar-refractivity contribution >= 4 is 16.5 Å². The van der Waals surface area contributed by atoms with Crippen LogP contribution < -0.4 is 5.32 Å². The molecule has 0 fully saturated rings. The molecule has 2 heterocycles. The van der Waals surface area contributed by atoms with Crippen molar-refractivity contribution < 1.29 is 0 Å². The van der Waals surface area contributed by atoms with E-state index in [9.17, 15) is 0 Å². The summed E-state index contributed by atoms with van der Waals surface area (Å²) in [6.45, 7) is 12.9. The molecule has 104 valence electrons. The zero-order valence-corrected chi connectivity index (χ0v) is 13.3. The Morgan fingerprint density at radius 2 is 1.84 bits per heavy atom. The van der Waals surface area contributed by atoms with Crippen LogP contribution in [-0.4, -0.2) is 20.5 Å². The van der Waals surface area contributed by atoms with Crippen LogP contribution in [0.2, 0.25) is 0 Å². The van der Waals surface area contributed by atoms with E-state index >= 15 is 0 Å². The van der Waals surface area contributed by atoms with Crippen molar-refractivity contribution in [1.82, 2.24) is 15.0 Å². The first-order valence-electron chi connectivity index (χ1n) is 6.45. The van der Waals surface area contributed by atoms with Gasteiger partial charge in [-0.2, -0.15) is 0 Å². The highest BCUT2D eigenvalue weighted by Crippen LogP contribution is 2.27. The average molecular weight is 278 g/mol. The fraction of sp³-hybridized carbons (Fsp3) is 0.571. The summed E-state index contributed by atoms with van der Waals surface area (Å²) in [4.78, 5) is 12.3. The average Bonchev–Trinajstić information content (AvgIpc) is 2.80. The van der Waals surface area contributed by atoms with E-state index in [1.165, 1.54) is 0 Å². The third kappa shape index (κ3) is 3.56. The summed E-state index contributed by atoms with van der Waals surface area (Å²) in [7, 11) is 0. The number of hydrogen-bond acceptors (Lipinski definition) is 4. The molecule has 0 aliphatic carbocycles. The topological polar surface area (TPSA) is 53.6 Å². The minimum absolute atomic E-state index is 0.0227. The molecule has 19 heavy (non-hydrogen) atoms. The molecule has 0 saturated heterocycles. The van der Waals surface area contributed by atoms with Crippen LogP contribution in [0.15, 0.2) is 11.6 Å². The molecule has 0 bridgehead atoms. The van der Waals surface area contributed by atoms with E-state index in [2.05, 4.69) is 61.8 Å². The van der Waals surface area contributed by atoms with Gasteiger partial charge in [-0.25, -0.2) is 9.97 Å². The van der Waals surface area contributed by atoms with Gasteiger partial charge in [-0.05, 0) is 20.8 Å². The Morgan fingerprint density at radius 3 is 2.37 bits per heavy atom. The second kappa shape index (κ2) is 4.63. The predicted octanol–water partition coefficient (Wildman–Crippen LogP) is 4.04. The first-order valence-corrected chi connectivity index (χ1v) is 7.33. The monoisotopic (exact) mass is 278 g/mol. The molecule has 2 N–H and O–H groups in total. The van der Waals surface area contributed by atoms with Crippen molar-refractivity contribution in [2.75, 3.05) is 5.32 Å². The normalized spacial score (nSPS) is 12.7. The van der Waals surface area contributed by atoms with E-state index in [1.807, 2.05) is 11.6 Å². The second-order valence-corrected chi connectivity index (χ2v) is 7.67. The highest BCUT2D eigenvalue weighted by Gasteiger charge is 2.18. The van der Waals surface area contributed by atoms with Gasteiger partial charge in [0.15, 0.2) is 11.0 Å². The summed E-state index contributed by atoms with van der Waals surface area (Å²) in [5.41, 5.74) is 2.12. The number of H-pyrrole nitrogens is 1. The van der Waals surface area contributed by atoms with Crippen LogP contribution in [-0.2, 0) is 5.41 Å². The second-order valence-electron chi connectivity index (χ2n) is 6.81. The standard InChI is InChI=1S/C14H22N4S/c1-13(2,3)10-7-15-11(17-10)9-8-19-12(16-9)18-14(4,5)6/h7-8H,1-6H3,(H,15,17)(H,16,18). The van der Waals surface area contributed by atoms with Gasteiger partial charge >= 0.3 is 0 Å². The van der Waals surface area contributed by atoms with Crippen LogP contribution in [0.5, 0.6) is 0 Å². The summed E-state index contributed by atoms with van der Waals surface area (Å²) in [5, 5.41) is 6.33. The number of rotatable bonds is 2. The lowest BCUT2D eigenvalue weighted by atomic mass is 9.93. The fourth-order valence-corrected chi connectivity index (χ4v) is 2.50. The van der Waals surface area contributed by atoms with Gasteiger partial charge in [-0.15, -0.1) is 11.3 Å². The largest absolute Gasteiger partial charge is 0.357 e. The molecule has 2 aromatic heterocycles. The maximum atomic E-state index is 4.57. The number of imidazole rings is 1. The lowest BCUT2D eigenvalue weighted by Gasteiger charge is -2.19. The van der Waals surface area contributed by atoms with E-state index in [0.29, 0.717) is 0 Å². The molecular formula is C14H22N4S. The van der Waals surface area contributed by atoms with Gasteiger partial charge in [0, 0.05) is 28.2 Å². The molecular weight excluding hydrogens is 256 g/mol. The molecule has 0 radical (unpaired) electrons. The zero-order chi connectivity index (χ0) is 14.3. The number of thiazole rings is 1. The summed E-state index contributed by atoms with van der Waals surface area (Å²) in [6.07, 6.45) is 1.89. The summed E-state index contributed by atoms with van der Waals surface area (Å²) in [6, 6.07) is 0. The minimum atomic E-state index is 0.0227. The van der Waals surface area contributed by atoms with Crippen LogP contribution in [0.25, 0.3) is 11.5 Å². The molecule has 4 nitrogen and oxygen atoms in total. The molecule has 0 spiro atoms. The van der Waals surface area contributed by atoms with Crippen LogP contribution >= 0.6 is 11.3 Å². The molecule has 2 aromatic rings. The molecule has 0 atom stereocenters. The Morgan fingerprint density at radius 1 is 1.16 bits per heavy atom. The third-order valence-electron chi connectivity index (χ3n) is 2.61. The molecule has 0 saturated carbocycles. The third-order valence-corrected chi connectivity index (χ3v) is 3.37. The number of nitrogens with one attached hydrogen (secondary N) is 2. The van der Waals surface area contributed by atoms with Gasteiger partial charge in [0.25, 0.3) is 0 Å². The van der Waals surface area contributed by atoms with Gasteiger partial charge in [-0.1, -0.05) is 20.8 Å². The smallest absolute Gasteiger partial charge is 0.183 e. The van der Waals surface area contributed by atoms with Gasteiger partial charge in [0.05, 0.1) is 0 Å². The summed E-state index contributed by atoms with van der Waals surface area (Å²) in [5.74, 6) is 0.836. The minimum Gasteiger partial charge on any atom is -0.357 e. The molecule has 5 heteroatoms. The molecule has 0 aromatic carbocycles. The van der Waals surface area contributed by atoms with E-state index < -0.39 is 0 Å². The van der Waals surface area contributed by atoms with Gasteiger partial charge in [0.2, 0.25) is 0 Å². The van der Waals surface area contributed by atoms with Crippen molar-refractivity contribution in [3.05, 3.63) is 17.3 Å². The number of aromatic amines is 1. The number of anilines is 1. The molecule has 0 unspecified atom stereocenters. The highest BCUT2D eigenvalue weighted by molar-refractivity contribution is 7.14. The number of hydrogen-bond donors (Lipinski definition) is 2. The van der Waals surface area contributed by atoms with E-state index in [0.717, 1.165) is 22.3 Å². The Balaban J connectivity index is 2.21. The van der Waals surface area contributed by atoms with Gasteiger partial charge in [-0.3, -0.25) is 0 Å². The Kier molecular flexibility index (Phi) is 3.43. The van der Waals surface area contributed by atoms with Gasteiger partial charge < -0.3 is 10.3 Å². The van der Waals surface area contributed by atoms with Crippen molar-refractivity contribution in [2.45, 2.75) is 52.5 Å². The van der Waals surface area contributed by atoms with Crippen molar-refractivity contribution in [3.63, 3.8) is 0 Å². The number of aromatic nitrogens is 3. The first-order chi connectivity index (χ1) is 8.65. The van der Waals surface area contributed by atoms with Crippen molar-refractivity contribution in [2.24, 2.45) is 0 Å². The summed E-state index contributed by atoms with van der Waals surface area (Å²) < 4.78 is 0. The summed E-state index contributed by atoms with van der Waals surface area (Å²) >= 11 is 1.61. The molecule has 0 aliphatic rings. The molecule has 2 rings (SSSR count). The van der Waals surface area contributed by atoms with Crippen molar-refractivity contribution in [3.8, 4) is 11.5 Å². The van der Waals surface area contributed by atoms with Crippen LogP contribution in [0.4, 0.5) is 5.13 Å². The van der Waals surface area contributed by atoms with Crippen molar-refractivity contribution in [1.29, 1.82) is 0 Å². The van der Waals surface area contributed by atoms with Crippen LogP contribution in [0.1, 0.15) is 47.2 Å². The Hall–Kier alpha value is -1.36. The Labute approximate surface area is 118 Å². The van der Waals surface area contributed by atoms with E-state index in [4.69, 9.17) is 0 Å². The molecule has 0 aliphatic heterocycles. The maximum absolute atomic E-state index is 4.57. The lowest BCUT2D eigenvalue weighted by molar-refractivity contribution is 0.573. The van der Waals surface area contributed by atoms with E-state index in [1.54, 1.807) is 11.3 Å². The zero-order valence-electron chi connectivity index (χ0n) is 12.5. The van der Waals surface area contributed by atoms with Crippen LogP contribution in [0.3, 0.4) is 0 Å². The molecule has 0 amide bonds. The van der Waals surface area contributed by atoms with E-state index in [-0.39, 0.29) is 11.0 Å². The number of nitrogens with zero attached hydrogens (tertiary/aromatic N) is 2. The predicted molar refractivity (Wildman–Crippen MR) is 81.8 cm³/mol. The highest BCUT2D eigenvalue weighted by atomic mass is 32.1. The maximum Gasteiger partial charge on any atom is 0.183 e. The quantitative estimate of drug-likeness (QED) is 0.871. The Bertz CT molecular complexity index is 554.